The van der Waals surface area contributed by atoms with Crippen molar-refractivity contribution in [2.75, 3.05) is 7.11 Å². The van der Waals surface area contributed by atoms with Gasteiger partial charge in [-0.15, -0.1) is 0 Å². The van der Waals surface area contributed by atoms with Crippen LogP contribution in [0.4, 0.5) is 4.39 Å². The highest BCUT2D eigenvalue weighted by Crippen LogP contribution is 2.47. The molecule has 5 nitrogen and oxygen atoms in total. The molecule has 1 atom stereocenters. The molecule has 30 heavy (non-hydrogen) atoms. The minimum atomic E-state index is -0.391. The van der Waals surface area contributed by atoms with E-state index < -0.39 is 6.23 Å². The van der Waals surface area contributed by atoms with E-state index in [4.69, 9.17) is 14.8 Å². The first kappa shape index (κ1) is 17.1. The fourth-order valence-corrected chi connectivity index (χ4v) is 4.25. The summed E-state index contributed by atoms with van der Waals surface area (Å²) in [5.41, 5.74) is 6.32. The SMILES string of the molecule is COC1c2c(c(-c3ccccc3)nn2-c2ccc(F)cc2)-c2nc3ccccc3n21. The number of hydrogen-bond donors (Lipinski definition) is 0. The van der Waals surface area contributed by atoms with Gasteiger partial charge in [-0.25, -0.2) is 14.1 Å². The lowest BCUT2D eigenvalue weighted by Crippen LogP contribution is -2.13. The van der Waals surface area contributed by atoms with Crippen molar-refractivity contribution in [2.24, 2.45) is 0 Å². The lowest BCUT2D eigenvalue weighted by atomic mass is 10.1. The van der Waals surface area contributed by atoms with Gasteiger partial charge in [-0.3, -0.25) is 4.57 Å². The Hall–Kier alpha value is -3.77. The van der Waals surface area contributed by atoms with E-state index in [-0.39, 0.29) is 5.82 Å². The van der Waals surface area contributed by atoms with E-state index in [1.165, 1.54) is 12.1 Å². The Morgan fingerprint density at radius 1 is 0.900 bits per heavy atom. The van der Waals surface area contributed by atoms with Crippen molar-refractivity contribution in [3.8, 4) is 28.3 Å². The number of benzene rings is 3. The Bertz CT molecular complexity index is 1390. The number of nitrogens with zero attached hydrogens (tertiary/aromatic N) is 4. The third kappa shape index (κ3) is 2.31. The number of hydrogen-bond acceptors (Lipinski definition) is 3. The Morgan fingerprint density at radius 3 is 2.40 bits per heavy atom. The number of ether oxygens (including phenoxy) is 1. The van der Waals surface area contributed by atoms with Crippen molar-refractivity contribution >= 4 is 11.0 Å². The smallest absolute Gasteiger partial charge is 0.179 e. The molecule has 0 saturated carbocycles. The molecule has 0 amide bonds. The van der Waals surface area contributed by atoms with Crippen LogP contribution in [0.15, 0.2) is 78.9 Å². The van der Waals surface area contributed by atoms with Crippen LogP contribution in [0.25, 0.3) is 39.4 Å². The van der Waals surface area contributed by atoms with Crippen LogP contribution in [0.2, 0.25) is 0 Å². The van der Waals surface area contributed by atoms with Gasteiger partial charge in [-0.05, 0) is 36.4 Å². The van der Waals surface area contributed by atoms with E-state index in [0.717, 1.165) is 45.1 Å². The Morgan fingerprint density at radius 2 is 1.63 bits per heavy atom. The van der Waals surface area contributed by atoms with Crippen LogP contribution in [0.3, 0.4) is 0 Å². The Labute approximate surface area is 172 Å². The molecule has 0 spiro atoms. The molecule has 0 fully saturated rings. The van der Waals surface area contributed by atoms with Gasteiger partial charge in [-0.1, -0.05) is 42.5 Å². The normalized spacial score (nSPS) is 14.8. The molecule has 1 aliphatic rings. The van der Waals surface area contributed by atoms with Crippen LogP contribution >= 0.6 is 0 Å². The number of aromatic nitrogens is 4. The summed E-state index contributed by atoms with van der Waals surface area (Å²) in [5.74, 6) is 0.540. The van der Waals surface area contributed by atoms with E-state index in [1.807, 2.05) is 59.3 Å². The van der Waals surface area contributed by atoms with Crippen LogP contribution in [-0.4, -0.2) is 26.4 Å². The summed E-state index contributed by atoms with van der Waals surface area (Å²) < 4.78 is 23.5. The second-order valence-electron chi connectivity index (χ2n) is 7.25. The molecule has 0 N–H and O–H groups in total. The summed E-state index contributed by atoms with van der Waals surface area (Å²) >= 11 is 0. The standard InChI is InChI=1S/C24H17FN4O/c1-30-24-22-20(23-26-18-9-5-6-10-19(18)28(23)24)21(15-7-3-2-4-8-15)27-29(22)17-13-11-16(25)12-14-17/h2-14,24H,1H3. The molecule has 3 heterocycles. The molecule has 0 radical (unpaired) electrons. The van der Waals surface area contributed by atoms with Crippen molar-refractivity contribution in [2.45, 2.75) is 6.23 Å². The summed E-state index contributed by atoms with van der Waals surface area (Å²) in [5, 5.41) is 4.93. The topological polar surface area (TPSA) is 44.9 Å². The number of fused-ring (bicyclic) bond motifs is 5. The lowest BCUT2D eigenvalue weighted by molar-refractivity contribution is 0.0829. The van der Waals surface area contributed by atoms with Crippen LogP contribution in [0.1, 0.15) is 11.9 Å². The van der Waals surface area contributed by atoms with Gasteiger partial charge in [0.05, 0.1) is 22.3 Å². The fourth-order valence-electron chi connectivity index (χ4n) is 4.25. The van der Waals surface area contributed by atoms with Gasteiger partial charge in [0.25, 0.3) is 0 Å². The van der Waals surface area contributed by atoms with E-state index in [9.17, 15) is 4.39 Å². The minimum absolute atomic E-state index is 0.284. The summed E-state index contributed by atoms with van der Waals surface area (Å²) in [4.78, 5) is 4.91. The fraction of sp³-hybridized carbons (Fsp3) is 0.0833. The molecular formula is C24H17FN4O. The van der Waals surface area contributed by atoms with Gasteiger partial charge in [0.2, 0.25) is 0 Å². The highest BCUT2D eigenvalue weighted by molar-refractivity contribution is 5.89. The van der Waals surface area contributed by atoms with E-state index in [2.05, 4.69) is 4.57 Å². The predicted octanol–water partition coefficient (Wildman–Crippen LogP) is 5.20. The maximum Gasteiger partial charge on any atom is 0.179 e. The number of halogens is 1. The van der Waals surface area contributed by atoms with E-state index in [0.29, 0.717) is 0 Å². The molecule has 146 valence electrons. The molecular weight excluding hydrogens is 379 g/mol. The van der Waals surface area contributed by atoms with Gasteiger partial charge < -0.3 is 4.74 Å². The lowest BCUT2D eigenvalue weighted by Gasteiger charge is -2.16. The third-order valence-corrected chi connectivity index (χ3v) is 5.55. The Balaban J connectivity index is 1.70. The molecule has 1 unspecified atom stereocenters. The van der Waals surface area contributed by atoms with Crippen molar-refractivity contribution in [3.63, 3.8) is 0 Å². The molecule has 6 rings (SSSR count). The van der Waals surface area contributed by atoms with Crippen molar-refractivity contribution in [1.82, 2.24) is 19.3 Å². The molecule has 6 heteroatoms. The van der Waals surface area contributed by atoms with Gasteiger partial charge in [0, 0.05) is 12.7 Å². The van der Waals surface area contributed by atoms with Gasteiger partial charge in [-0.2, -0.15) is 5.10 Å². The molecule has 3 aromatic carbocycles. The molecule has 2 aromatic heterocycles. The second kappa shape index (κ2) is 6.37. The van der Waals surface area contributed by atoms with Crippen LogP contribution in [0, 0.1) is 5.82 Å². The Kier molecular flexibility index (Phi) is 3.63. The molecule has 0 saturated heterocycles. The zero-order chi connectivity index (χ0) is 20.2. The monoisotopic (exact) mass is 396 g/mol. The van der Waals surface area contributed by atoms with Crippen LogP contribution < -0.4 is 0 Å². The zero-order valence-corrected chi connectivity index (χ0v) is 16.2. The molecule has 5 aromatic rings. The molecule has 0 bridgehead atoms. The van der Waals surface area contributed by atoms with Gasteiger partial charge in [0.15, 0.2) is 6.23 Å². The summed E-state index contributed by atoms with van der Waals surface area (Å²) in [6.45, 7) is 0. The van der Waals surface area contributed by atoms with Crippen LogP contribution in [0.5, 0.6) is 0 Å². The quantitative estimate of drug-likeness (QED) is 0.421. The largest absolute Gasteiger partial charge is 0.355 e. The maximum absolute atomic E-state index is 13.6. The average Bonchev–Trinajstić information content (AvgIpc) is 3.43. The van der Waals surface area contributed by atoms with Crippen molar-refractivity contribution in [3.05, 3.63) is 90.4 Å². The summed E-state index contributed by atoms with van der Waals surface area (Å²) in [7, 11) is 1.68. The predicted molar refractivity (Wildman–Crippen MR) is 113 cm³/mol. The first-order valence-electron chi connectivity index (χ1n) is 9.70. The molecule has 0 aliphatic carbocycles. The maximum atomic E-state index is 13.6. The highest BCUT2D eigenvalue weighted by atomic mass is 19.1. The second-order valence-corrected chi connectivity index (χ2v) is 7.25. The minimum Gasteiger partial charge on any atom is -0.355 e. The van der Waals surface area contributed by atoms with Gasteiger partial charge >= 0.3 is 0 Å². The van der Waals surface area contributed by atoms with Crippen molar-refractivity contribution in [1.29, 1.82) is 0 Å². The number of rotatable bonds is 3. The number of para-hydroxylation sites is 2. The van der Waals surface area contributed by atoms with E-state index >= 15 is 0 Å². The first-order chi connectivity index (χ1) is 14.8. The molecule has 1 aliphatic heterocycles. The summed E-state index contributed by atoms with van der Waals surface area (Å²) in [6.07, 6.45) is -0.391. The third-order valence-electron chi connectivity index (χ3n) is 5.55. The average molecular weight is 396 g/mol. The van der Waals surface area contributed by atoms with Crippen LogP contribution in [-0.2, 0) is 4.74 Å². The number of imidazole rings is 1. The van der Waals surface area contributed by atoms with Crippen molar-refractivity contribution < 1.29 is 9.13 Å². The summed E-state index contributed by atoms with van der Waals surface area (Å²) in [6, 6.07) is 24.4. The van der Waals surface area contributed by atoms with Gasteiger partial charge in [0.1, 0.15) is 23.0 Å². The highest BCUT2D eigenvalue weighted by Gasteiger charge is 2.39. The zero-order valence-electron chi connectivity index (χ0n) is 16.2. The van der Waals surface area contributed by atoms with E-state index in [1.54, 1.807) is 19.2 Å². The first-order valence-corrected chi connectivity index (χ1v) is 9.70. The number of methoxy groups -OCH3 is 1.